The number of hydrogen-bond acceptors (Lipinski definition) is 5. The maximum absolute atomic E-state index is 11.4. The molecule has 0 atom stereocenters. The predicted molar refractivity (Wildman–Crippen MR) is 67.9 cm³/mol. The van der Waals surface area contributed by atoms with E-state index < -0.39 is 0 Å². The van der Waals surface area contributed by atoms with Gasteiger partial charge in [-0.25, -0.2) is 4.68 Å². The van der Waals surface area contributed by atoms with E-state index in [2.05, 4.69) is 20.8 Å². The zero-order chi connectivity index (χ0) is 13.7. The minimum Gasteiger partial charge on any atom is -0.484 e. The van der Waals surface area contributed by atoms with Crippen LogP contribution in [0.4, 0.5) is 0 Å². The van der Waals surface area contributed by atoms with Gasteiger partial charge in [-0.2, -0.15) is 0 Å². The van der Waals surface area contributed by atoms with Crippen molar-refractivity contribution in [2.45, 2.75) is 19.9 Å². The average Bonchev–Trinajstić information content (AvgIpc) is 2.90. The first kappa shape index (κ1) is 13.0. The molecular weight excluding hydrogens is 246 g/mol. The molecule has 1 amide bonds. The molecule has 1 heterocycles. The van der Waals surface area contributed by atoms with Crippen molar-refractivity contribution >= 4 is 5.91 Å². The topological polar surface area (TPSA) is 81.9 Å². The summed E-state index contributed by atoms with van der Waals surface area (Å²) in [5.74, 6) is 0.482. The zero-order valence-corrected chi connectivity index (χ0v) is 10.8. The molecule has 0 unspecified atom stereocenters. The van der Waals surface area contributed by atoms with Gasteiger partial charge in [0.1, 0.15) is 12.1 Å². The number of benzene rings is 1. The highest BCUT2D eigenvalue weighted by Gasteiger charge is 2.04. The van der Waals surface area contributed by atoms with Gasteiger partial charge in [0.05, 0.1) is 5.69 Å². The number of carbonyl (C=O) groups excluding carboxylic acids is 1. The Labute approximate surface area is 110 Å². The number of rotatable bonds is 5. The molecule has 2 rings (SSSR count). The summed E-state index contributed by atoms with van der Waals surface area (Å²) in [6, 6.07) is 7.26. The second-order valence-corrected chi connectivity index (χ2v) is 4.26. The van der Waals surface area contributed by atoms with Gasteiger partial charge in [0.25, 0.3) is 5.91 Å². The van der Waals surface area contributed by atoms with Crippen LogP contribution in [-0.2, 0) is 4.79 Å². The van der Waals surface area contributed by atoms with E-state index >= 15 is 0 Å². The van der Waals surface area contributed by atoms with Crippen LogP contribution in [0.15, 0.2) is 30.6 Å². The number of amides is 1. The highest BCUT2D eigenvalue weighted by molar-refractivity contribution is 5.77. The van der Waals surface area contributed by atoms with Crippen molar-refractivity contribution in [3.8, 4) is 11.4 Å². The van der Waals surface area contributed by atoms with Crippen LogP contribution in [0.5, 0.6) is 5.75 Å². The number of tetrazole rings is 1. The summed E-state index contributed by atoms with van der Waals surface area (Å²) in [6.45, 7) is 3.81. The molecule has 0 aliphatic heterocycles. The molecule has 0 fully saturated rings. The summed E-state index contributed by atoms with van der Waals surface area (Å²) >= 11 is 0. The molecule has 0 aliphatic rings. The summed E-state index contributed by atoms with van der Waals surface area (Å²) in [5, 5.41) is 13.6. The highest BCUT2D eigenvalue weighted by Crippen LogP contribution is 2.13. The number of aromatic nitrogens is 4. The molecule has 2 aromatic rings. The second kappa shape index (κ2) is 5.94. The minimum atomic E-state index is -0.139. The SMILES string of the molecule is CC(C)NC(=O)COc1ccc(-n2cnnn2)cc1. The minimum absolute atomic E-state index is 0.00239. The second-order valence-electron chi connectivity index (χ2n) is 4.26. The summed E-state index contributed by atoms with van der Waals surface area (Å²) in [5.41, 5.74) is 0.823. The number of hydrogen-bond donors (Lipinski definition) is 1. The fourth-order valence-corrected chi connectivity index (χ4v) is 1.49. The first-order chi connectivity index (χ1) is 9.15. The zero-order valence-electron chi connectivity index (χ0n) is 10.8. The standard InChI is InChI=1S/C12H15N5O2/c1-9(2)14-12(18)7-19-11-5-3-10(4-6-11)17-8-13-15-16-17/h3-6,8-9H,7H2,1-2H3,(H,14,18). The van der Waals surface area contributed by atoms with E-state index in [9.17, 15) is 4.79 Å². The van der Waals surface area contributed by atoms with Gasteiger partial charge in [0.2, 0.25) is 0 Å². The van der Waals surface area contributed by atoms with Gasteiger partial charge in [-0.1, -0.05) is 0 Å². The Morgan fingerprint density at radius 1 is 1.37 bits per heavy atom. The number of carbonyl (C=O) groups is 1. The Morgan fingerprint density at radius 2 is 2.11 bits per heavy atom. The van der Waals surface area contributed by atoms with Crippen LogP contribution in [0, 0.1) is 0 Å². The molecule has 0 aliphatic carbocycles. The number of nitrogens with zero attached hydrogens (tertiary/aromatic N) is 4. The molecule has 0 saturated carbocycles. The molecule has 1 N–H and O–H groups in total. The van der Waals surface area contributed by atoms with E-state index in [1.54, 1.807) is 12.1 Å². The lowest BCUT2D eigenvalue weighted by molar-refractivity contribution is -0.123. The average molecular weight is 261 g/mol. The maximum atomic E-state index is 11.4. The van der Waals surface area contributed by atoms with Crippen molar-refractivity contribution in [2.75, 3.05) is 6.61 Å². The van der Waals surface area contributed by atoms with Gasteiger partial charge in [-0.05, 0) is 48.5 Å². The molecule has 100 valence electrons. The van der Waals surface area contributed by atoms with Crippen LogP contribution in [0.2, 0.25) is 0 Å². The molecule has 7 heteroatoms. The van der Waals surface area contributed by atoms with E-state index in [4.69, 9.17) is 4.74 Å². The molecule has 0 spiro atoms. The Morgan fingerprint density at radius 3 is 2.68 bits per heavy atom. The first-order valence-electron chi connectivity index (χ1n) is 5.91. The van der Waals surface area contributed by atoms with Crippen LogP contribution in [0.25, 0.3) is 5.69 Å². The van der Waals surface area contributed by atoms with Crippen molar-refractivity contribution in [3.63, 3.8) is 0 Å². The molecule has 1 aromatic heterocycles. The predicted octanol–water partition coefficient (Wildman–Crippen LogP) is 0.566. The van der Waals surface area contributed by atoms with E-state index in [1.165, 1.54) is 11.0 Å². The van der Waals surface area contributed by atoms with E-state index in [1.807, 2.05) is 26.0 Å². The fourth-order valence-electron chi connectivity index (χ4n) is 1.49. The highest BCUT2D eigenvalue weighted by atomic mass is 16.5. The Hall–Kier alpha value is -2.44. The van der Waals surface area contributed by atoms with Gasteiger partial charge >= 0.3 is 0 Å². The van der Waals surface area contributed by atoms with E-state index in [-0.39, 0.29) is 18.6 Å². The normalized spacial score (nSPS) is 10.5. The van der Waals surface area contributed by atoms with Crippen LogP contribution in [0.3, 0.4) is 0 Å². The van der Waals surface area contributed by atoms with Crippen molar-refractivity contribution < 1.29 is 9.53 Å². The molecular formula is C12H15N5O2. The summed E-state index contributed by atoms with van der Waals surface area (Å²) in [6.07, 6.45) is 1.51. The lowest BCUT2D eigenvalue weighted by Crippen LogP contribution is -2.34. The summed E-state index contributed by atoms with van der Waals surface area (Å²) in [7, 11) is 0. The van der Waals surface area contributed by atoms with Crippen LogP contribution >= 0.6 is 0 Å². The third-order valence-corrected chi connectivity index (χ3v) is 2.27. The third-order valence-electron chi connectivity index (χ3n) is 2.27. The molecule has 0 radical (unpaired) electrons. The maximum Gasteiger partial charge on any atom is 0.258 e. The van der Waals surface area contributed by atoms with Gasteiger partial charge in [-0.3, -0.25) is 4.79 Å². The van der Waals surface area contributed by atoms with Crippen molar-refractivity contribution in [3.05, 3.63) is 30.6 Å². The Kier molecular flexibility index (Phi) is 4.07. The molecule has 7 nitrogen and oxygen atoms in total. The van der Waals surface area contributed by atoms with Crippen molar-refractivity contribution in [1.29, 1.82) is 0 Å². The fraction of sp³-hybridized carbons (Fsp3) is 0.333. The first-order valence-corrected chi connectivity index (χ1v) is 5.91. The molecule has 0 bridgehead atoms. The quantitative estimate of drug-likeness (QED) is 0.850. The summed E-state index contributed by atoms with van der Waals surface area (Å²) in [4.78, 5) is 11.4. The Bertz CT molecular complexity index is 522. The third kappa shape index (κ3) is 3.77. The number of ether oxygens (including phenoxy) is 1. The van der Waals surface area contributed by atoms with E-state index in [0.29, 0.717) is 5.75 Å². The smallest absolute Gasteiger partial charge is 0.258 e. The lowest BCUT2D eigenvalue weighted by atomic mass is 10.3. The molecule has 0 saturated heterocycles. The lowest BCUT2D eigenvalue weighted by Gasteiger charge is -2.09. The van der Waals surface area contributed by atoms with Gasteiger partial charge in [0, 0.05) is 6.04 Å². The van der Waals surface area contributed by atoms with Crippen molar-refractivity contribution in [1.82, 2.24) is 25.5 Å². The van der Waals surface area contributed by atoms with Crippen LogP contribution in [0.1, 0.15) is 13.8 Å². The van der Waals surface area contributed by atoms with Gasteiger partial charge in [-0.15, -0.1) is 5.10 Å². The molecule has 1 aromatic carbocycles. The van der Waals surface area contributed by atoms with Crippen LogP contribution in [-0.4, -0.2) is 38.8 Å². The monoisotopic (exact) mass is 261 g/mol. The molecule has 19 heavy (non-hydrogen) atoms. The number of nitrogens with one attached hydrogen (secondary N) is 1. The van der Waals surface area contributed by atoms with E-state index in [0.717, 1.165) is 5.69 Å². The van der Waals surface area contributed by atoms with Gasteiger partial charge in [0.15, 0.2) is 6.61 Å². The van der Waals surface area contributed by atoms with Crippen molar-refractivity contribution in [2.24, 2.45) is 0 Å². The largest absolute Gasteiger partial charge is 0.484 e. The summed E-state index contributed by atoms with van der Waals surface area (Å²) < 4.78 is 6.91. The van der Waals surface area contributed by atoms with Gasteiger partial charge < -0.3 is 10.1 Å². The van der Waals surface area contributed by atoms with Crippen LogP contribution < -0.4 is 10.1 Å². The Balaban J connectivity index is 1.91.